The number of hydrogen-bond acceptors (Lipinski definition) is 4. The van der Waals surface area contributed by atoms with E-state index in [0.717, 1.165) is 17.1 Å². The zero-order chi connectivity index (χ0) is 18.4. The van der Waals surface area contributed by atoms with Crippen LogP contribution in [0, 0.1) is 6.92 Å². The summed E-state index contributed by atoms with van der Waals surface area (Å²) in [6.07, 6.45) is 1.64. The quantitative estimate of drug-likeness (QED) is 0.727. The zero-order valence-electron chi connectivity index (χ0n) is 14.8. The van der Waals surface area contributed by atoms with Gasteiger partial charge >= 0.3 is 0 Å². The van der Waals surface area contributed by atoms with Crippen molar-refractivity contribution in [2.24, 2.45) is 0 Å². The Bertz CT molecular complexity index is 847. The molecule has 0 aliphatic heterocycles. The molecule has 5 heteroatoms. The number of nitrogens with one attached hydrogen (secondary N) is 1. The minimum absolute atomic E-state index is 0.0469. The van der Waals surface area contributed by atoms with E-state index in [1.54, 1.807) is 6.20 Å². The Morgan fingerprint density at radius 1 is 1.04 bits per heavy atom. The molecule has 3 aromatic rings. The Hall–Kier alpha value is -3.34. The highest BCUT2D eigenvalue weighted by atomic mass is 16.5. The molecule has 0 aliphatic carbocycles. The Kier molecular flexibility index (Phi) is 5.49. The zero-order valence-corrected chi connectivity index (χ0v) is 14.8. The van der Waals surface area contributed by atoms with Crippen LogP contribution in [-0.2, 0) is 4.79 Å². The number of aromatic nitrogens is 1. The van der Waals surface area contributed by atoms with E-state index in [2.05, 4.69) is 10.3 Å². The average molecular weight is 347 g/mol. The third kappa shape index (κ3) is 4.60. The van der Waals surface area contributed by atoms with Gasteiger partial charge in [0.25, 0.3) is 5.91 Å². The number of pyridine rings is 1. The number of para-hydroxylation sites is 1. The topological polar surface area (TPSA) is 54.5 Å². The van der Waals surface area contributed by atoms with Crippen LogP contribution in [0.1, 0.15) is 5.56 Å². The van der Waals surface area contributed by atoms with E-state index in [-0.39, 0.29) is 12.5 Å². The summed E-state index contributed by atoms with van der Waals surface area (Å²) in [5.74, 6) is 1.24. The summed E-state index contributed by atoms with van der Waals surface area (Å²) in [5.41, 5.74) is 2.82. The normalized spacial score (nSPS) is 10.2. The molecule has 0 radical (unpaired) electrons. The number of hydrogen-bond donors (Lipinski definition) is 1. The maximum Gasteiger partial charge on any atom is 0.262 e. The molecule has 2 aromatic carbocycles. The number of amides is 1. The van der Waals surface area contributed by atoms with Crippen molar-refractivity contribution in [3.63, 3.8) is 0 Å². The SMILES string of the molecule is Cc1ccc(OCC(=O)Nc2ccc(N(C)c3ccccc3)nc2)cc1. The number of nitrogens with zero attached hydrogens (tertiary/aromatic N) is 2. The van der Waals surface area contributed by atoms with Crippen molar-refractivity contribution in [3.8, 4) is 5.75 Å². The molecule has 0 saturated heterocycles. The van der Waals surface area contributed by atoms with Gasteiger partial charge in [-0.05, 0) is 43.3 Å². The average Bonchev–Trinajstić information content (AvgIpc) is 2.68. The summed E-state index contributed by atoms with van der Waals surface area (Å²) in [5, 5.41) is 2.78. The lowest BCUT2D eigenvalue weighted by molar-refractivity contribution is -0.118. The highest BCUT2D eigenvalue weighted by Crippen LogP contribution is 2.22. The van der Waals surface area contributed by atoms with Gasteiger partial charge in [-0.2, -0.15) is 0 Å². The van der Waals surface area contributed by atoms with Crippen molar-refractivity contribution in [1.29, 1.82) is 0 Å². The smallest absolute Gasteiger partial charge is 0.262 e. The van der Waals surface area contributed by atoms with Crippen LogP contribution in [0.15, 0.2) is 72.9 Å². The molecule has 3 rings (SSSR count). The molecule has 0 aliphatic rings. The molecular weight excluding hydrogens is 326 g/mol. The number of ether oxygens (including phenoxy) is 1. The van der Waals surface area contributed by atoms with Gasteiger partial charge in [0, 0.05) is 12.7 Å². The van der Waals surface area contributed by atoms with Crippen LogP contribution in [0.25, 0.3) is 0 Å². The predicted molar refractivity (Wildman–Crippen MR) is 104 cm³/mol. The number of rotatable bonds is 6. The van der Waals surface area contributed by atoms with E-state index < -0.39 is 0 Å². The number of anilines is 3. The lowest BCUT2D eigenvalue weighted by Crippen LogP contribution is -2.20. The fourth-order valence-corrected chi connectivity index (χ4v) is 2.42. The van der Waals surface area contributed by atoms with Gasteiger partial charge in [0.1, 0.15) is 11.6 Å². The highest BCUT2D eigenvalue weighted by Gasteiger charge is 2.07. The minimum Gasteiger partial charge on any atom is -0.484 e. The lowest BCUT2D eigenvalue weighted by atomic mass is 10.2. The van der Waals surface area contributed by atoms with Crippen LogP contribution in [0.2, 0.25) is 0 Å². The molecule has 1 heterocycles. The van der Waals surface area contributed by atoms with Gasteiger partial charge in [-0.25, -0.2) is 4.98 Å². The van der Waals surface area contributed by atoms with Gasteiger partial charge in [-0.3, -0.25) is 4.79 Å². The Labute approximate surface area is 153 Å². The number of carbonyl (C=O) groups excluding carboxylic acids is 1. The Balaban J connectivity index is 1.55. The molecule has 26 heavy (non-hydrogen) atoms. The van der Waals surface area contributed by atoms with Gasteiger partial charge in [0.15, 0.2) is 6.61 Å². The molecule has 1 N–H and O–H groups in total. The first kappa shape index (κ1) is 17.5. The summed E-state index contributed by atoms with van der Waals surface area (Å²) in [6.45, 7) is 1.96. The molecule has 5 nitrogen and oxygen atoms in total. The summed E-state index contributed by atoms with van der Waals surface area (Å²) in [7, 11) is 1.95. The maximum absolute atomic E-state index is 12.0. The van der Waals surface area contributed by atoms with Gasteiger partial charge in [0.2, 0.25) is 0 Å². The Morgan fingerprint density at radius 3 is 2.42 bits per heavy atom. The molecule has 0 fully saturated rings. The van der Waals surface area contributed by atoms with Crippen LogP contribution in [-0.4, -0.2) is 24.5 Å². The van der Waals surface area contributed by atoms with Crippen molar-refractivity contribution < 1.29 is 9.53 Å². The Morgan fingerprint density at radius 2 is 1.77 bits per heavy atom. The van der Waals surface area contributed by atoms with E-state index in [1.165, 1.54) is 0 Å². The second kappa shape index (κ2) is 8.16. The molecule has 0 unspecified atom stereocenters. The van der Waals surface area contributed by atoms with E-state index in [0.29, 0.717) is 11.4 Å². The van der Waals surface area contributed by atoms with Crippen LogP contribution < -0.4 is 15.0 Å². The number of carbonyl (C=O) groups is 1. The standard InChI is InChI=1S/C21H21N3O2/c1-16-8-11-19(12-9-16)26-15-21(25)23-17-10-13-20(22-14-17)24(2)18-6-4-3-5-7-18/h3-14H,15H2,1-2H3,(H,23,25). The van der Waals surface area contributed by atoms with E-state index >= 15 is 0 Å². The van der Waals surface area contributed by atoms with Crippen molar-refractivity contribution in [2.45, 2.75) is 6.92 Å². The maximum atomic E-state index is 12.0. The number of benzene rings is 2. The molecule has 0 spiro atoms. The first-order valence-corrected chi connectivity index (χ1v) is 8.36. The monoisotopic (exact) mass is 347 g/mol. The molecule has 132 valence electrons. The largest absolute Gasteiger partial charge is 0.484 e. The van der Waals surface area contributed by atoms with Crippen molar-refractivity contribution in [3.05, 3.63) is 78.5 Å². The molecule has 0 bridgehead atoms. The molecular formula is C21H21N3O2. The van der Waals surface area contributed by atoms with Gasteiger partial charge in [-0.15, -0.1) is 0 Å². The fourth-order valence-electron chi connectivity index (χ4n) is 2.42. The van der Waals surface area contributed by atoms with Crippen molar-refractivity contribution >= 4 is 23.1 Å². The van der Waals surface area contributed by atoms with E-state index in [9.17, 15) is 4.79 Å². The predicted octanol–water partition coefficient (Wildman–Crippen LogP) is 4.18. The summed E-state index contributed by atoms with van der Waals surface area (Å²) in [6, 6.07) is 21.2. The summed E-state index contributed by atoms with van der Waals surface area (Å²) in [4.78, 5) is 18.4. The first-order chi connectivity index (χ1) is 12.6. The molecule has 0 atom stereocenters. The van der Waals surface area contributed by atoms with E-state index in [1.807, 2.05) is 85.6 Å². The third-order valence-electron chi connectivity index (χ3n) is 3.91. The van der Waals surface area contributed by atoms with Crippen molar-refractivity contribution in [2.75, 3.05) is 23.9 Å². The second-order valence-electron chi connectivity index (χ2n) is 5.95. The first-order valence-electron chi connectivity index (χ1n) is 8.36. The minimum atomic E-state index is -0.225. The van der Waals surface area contributed by atoms with Gasteiger partial charge in [-0.1, -0.05) is 35.9 Å². The van der Waals surface area contributed by atoms with Crippen LogP contribution in [0.3, 0.4) is 0 Å². The number of aryl methyl sites for hydroxylation is 1. The van der Waals surface area contributed by atoms with Crippen LogP contribution >= 0.6 is 0 Å². The van der Waals surface area contributed by atoms with Gasteiger partial charge < -0.3 is 15.0 Å². The summed E-state index contributed by atoms with van der Waals surface area (Å²) < 4.78 is 5.47. The molecule has 1 aromatic heterocycles. The van der Waals surface area contributed by atoms with E-state index in [4.69, 9.17) is 4.74 Å². The third-order valence-corrected chi connectivity index (χ3v) is 3.91. The van der Waals surface area contributed by atoms with Crippen LogP contribution in [0.4, 0.5) is 17.2 Å². The lowest BCUT2D eigenvalue weighted by Gasteiger charge is -2.18. The summed E-state index contributed by atoms with van der Waals surface area (Å²) >= 11 is 0. The molecule has 0 saturated carbocycles. The molecule has 1 amide bonds. The highest BCUT2D eigenvalue weighted by molar-refractivity contribution is 5.91. The van der Waals surface area contributed by atoms with Crippen molar-refractivity contribution in [1.82, 2.24) is 4.98 Å². The van der Waals surface area contributed by atoms with Gasteiger partial charge in [0.05, 0.1) is 11.9 Å². The second-order valence-corrected chi connectivity index (χ2v) is 5.95. The fraction of sp³-hybridized carbons (Fsp3) is 0.143. The van der Waals surface area contributed by atoms with Crippen LogP contribution in [0.5, 0.6) is 5.75 Å².